The molecule has 3 nitrogen and oxygen atoms in total. The maximum atomic E-state index is 6.13. The van der Waals surface area contributed by atoms with E-state index in [-0.39, 0.29) is 5.41 Å². The number of aryl methyl sites for hydroxylation is 1. The van der Waals surface area contributed by atoms with Gasteiger partial charge in [0.05, 0.1) is 12.0 Å². The van der Waals surface area contributed by atoms with Crippen LogP contribution in [-0.4, -0.2) is 22.6 Å². The van der Waals surface area contributed by atoms with E-state index in [1.165, 1.54) is 11.3 Å². The lowest BCUT2D eigenvalue weighted by molar-refractivity contribution is 0.498. The summed E-state index contributed by atoms with van der Waals surface area (Å²) >= 11 is 6.13. The number of halogens is 1. The van der Waals surface area contributed by atoms with Crippen LogP contribution < -0.4 is 5.32 Å². The third kappa shape index (κ3) is 2.17. The first-order chi connectivity index (χ1) is 9.10. The second-order valence-corrected chi connectivity index (χ2v) is 6.00. The summed E-state index contributed by atoms with van der Waals surface area (Å²) in [7, 11) is 0. The van der Waals surface area contributed by atoms with Crippen molar-refractivity contribution in [1.82, 2.24) is 14.9 Å². The summed E-state index contributed by atoms with van der Waals surface area (Å²) in [6.07, 6.45) is 5.00. The van der Waals surface area contributed by atoms with Gasteiger partial charge in [-0.1, -0.05) is 24.6 Å². The van der Waals surface area contributed by atoms with E-state index in [1.807, 2.05) is 24.7 Å². The first kappa shape index (κ1) is 12.7. The summed E-state index contributed by atoms with van der Waals surface area (Å²) in [5.74, 6) is 0. The number of benzene rings is 1. The molecule has 2 aromatic rings. The van der Waals surface area contributed by atoms with E-state index in [0.29, 0.717) is 0 Å². The largest absolute Gasteiger partial charge is 0.316 e. The zero-order valence-corrected chi connectivity index (χ0v) is 12.0. The predicted molar refractivity (Wildman–Crippen MR) is 78.1 cm³/mol. The number of rotatable bonds is 2. The third-order valence-corrected chi connectivity index (χ3v) is 4.29. The van der Waals surface area contributed by atoms with Gasteiger partial charge in [-0.2, -0.15) is 0 Å². The number of nitrogens with one attached hydrogen (secondary N) is 1. The topological polar surface area (TPSA) is 29.9 Å². The monoisotopic (exact) mass is 275 g/mol. The number of hydrogen-bond donors (Lipinski definition) is 1. The molecular weight excluding hydrogens is 258 g/mol. The van der Waals surface area contributed by atoms with Crippen LogP contribution in [0.5, 0.6) is 0 Å². The third-order valence-electron chi connectivity index (χ3n) is 4.06. The van der Waals surface area contributed by atoms with Gasteiger partial charge >= 0.3 is 0 Å². The van der Waals surface area contributed by atoms with Crippen LogP contribution in [0.2, 0.25) is 5.02 Å². The van der Waals surface area contributed by atoms with Gasteiger partial charge in [0.2, 0.25) is 0 Å². The first-order valence-electron chi connectivity index (χ1n) is 6.60. The van der Waals surface area contributed by atoms with Crippen molar-refractivity contribution in [3.63, 3.8) is 0 Å². The van der Waals surface area contributed by atoms with Crippen LogP contribution in [0.15, 0.2) is 30.7 Å². The molecule has 1 N–H and O–H groups in total. The number of aromatic nitrogens is 2. The van der Waals surface area contributed by atoms with E-state index in [1.54, 1.807) is 0 Å². The Morgan fingerprint density at radius 3 is 3.00 bits per heavy atom. The Bertz CT molecular complexity index is 597. The van der Waals surface area contributed by atoms with Crippen LogP contribution in [0.1, 0.15) is 24.6 Å². The number of imidazole rings is 1. The minimum atomic E-state index is 0.144. The highest BCUT2D eigenvalue weighted by Crippen LogP contribution is 2.32. The molecule has 100 valence electrons. The molecule has 0 saturated carbocycles. The molecule has 0 radical (unpaired) electrons. The van der Waals surface area contributed by atoms with Crippen molar-refractivity contribution < 1.29 is 0 Å². The van der Waals surface area contributed by atoms with Crippen molar-refractivity contribution in [2.24, 2.45) is 0 Å². The van der Waals surface area contributed by atoms with Gasteiger partial charge in [0.15, 0.2) is 0 Å². The maximum absolute atomic E-state index is 6.13. The molecule has 1 aromatic carbocycles. The molecule has 1 aliphatic rings. The highest BCUT2D eigenvalue weighted by Gasteiger charge is 2.33. The molecule has 4 heteroatoms. The van der Waals surface area contributed by atoms with E-state index in [0.717, 1.165) is 30.2 Å². The number of hydrogen-bond acceptors (Lipinski definition) is 2. The van der Waals surface area contributed by atoms with Gasteiger partial charge in [-0.05, 0) is 37.6 Å². The fourth-order valence-corrected chi connectivity index (χ4v) is 2.98. The SMILES string of the molecule is Cc1ccc(Cl)cc1-n1cncc1C1(C)CCNC1. The van der Waals surface area contributed by atoms with Crippen molar-refractivity contribution in [3.05, 3.63) is 47.0 Å². The first-order valence-corrected chi connectivity index (χ1v) is 6.98. The second kappa shape index (κ2) is 4.66. The smallest absolute Gasteiger partial charge is 0.0994 e. The molecule has 2 heterocycles. The lowest BCUT2D eigenvalue weighted by atomic mass is 9.86. The van der Waals surface area contributed by atoms with Gasteiger partial charge < -0.3 is 9.88 Å². The maximum Gasteiger partial charge on any atom is 0.0994 e. The van der Waals surface area contributed by atoms with Crippen LogP contribution >= 0.6 is 11.6 Å². The summed E-state index contributed by atoms with van der Waals surface area (Å²) in [5.41, 5.74) is 3.72. The molecule has 19 heavy (non-hydrogen) atoms. The molecule has 1 atom stereocenters. The molecule has 0 spiro atoms. The van der Waals surface area contributed by atoms with Gasteiger partial charge in [0.25, 0.3) is 0 Å². The molecule has 3 rings (SSSR count). The van der Waals surface area contributed by atoms with Gasteiger partial charge in [-0.3, -0.25) is 0 Å². The molecular formula is C15H18ClN3. The van der Waals surface area contributed by atoms with Crippen molar-refractivity contribution >= 4 is 11.6 Å². The van der Waals surface area contributed by atoms with E-state index in [2.05, 4.69) is 34.8 Å². The Hall–Kier alpha value is -1.32. The Kier molecular flexibility index (Phi) is 3.11. The predicted octanol–water partition coefficient (Wildman–Crippen LogP) is 3.09. The summed E-state index contributed by atoms with van der Waals surface area (Å²) in [6, 6.07) is 5.99. The van der Waals surface area contributed by atoms with Crippen molar-refractivity contribution in [2.45, 2.75) is 25.7 Å². The fraction of sp³-hybridized carbons (Fsp3) is 0.400. The molecule has 1 aliphatic heterocycles. The van der Waals surface area contributed by atoms with Crippen LogP contribution in [0.25, 0.3) is 5.69 Å². The Balaban J connectivity index is 2.12. The fourth-order valence-electron chi connectivity index (χ4n) is 2.81. The summed E-state index contributed by atoms with van der Waals surface area (Å²) in [4.78, 5) is 4.35. The number of nitrogens with zero attached hydrogens (tertiary/aromatic N) is 2. The van der Waals surface area contributed by atoms with Gasteiger partial charge in [0.1, 0.15) is 0 Å². The molecule has 0 bridgehead atoms. The molecule has 1 unspecified atom stereocenters. The molecule has 1 aromatic heterocycles. The van der Waals surface area contributed by atoms with Crippen LogP contribution in [0, 0.1) is 6.92 Å². The van der Waals surface area contributed by atoms with Crippen LogP contribution in [-0.2, 0) is 5.41 Å². The Morgan fingerprint density at radius 2 is 2.26 bits per heavy atom. The van der Waals surface area contributed by atoms with E-state index in [9.17, 15) is 0 Å². The van der Waals surface area contributed by atoms with Crippen molar-refractivity contribution in [1.29, 1.82) is 0 Å². The average molecular weight is 276 g/mol. The van der Waals surface area contributed by atoms with E-state index < -0.39 is 0 Å². The highest BCUT2D eigenvalue weighted by molar-refractivity contribution is 6.30. The van der Waals surface area contributed by atoms with E-state index in [4.69, 9.17) is 11.6 Å². The summed E-state index contributed by atoms with van der Waals surface area (Å²) in [5, 5.41) is 4.20. The quantitative estimate of drug-likeness (QED) is 0.913. The zero-order chi connectivity index (χ0) is 13.5. The van der Waals surface area contributed by atoms with Gasteiger partial charge in [-0.25, -0.2) is 4.98 Å². The van der Waals surface area contributed by atoms with Crippen molar-refractivity contribution in [2.75, 3.05) is 13.1 Å². The van der Waals surface area contributed by atoms with E-state index >= 15 is 0 Å². The molecule has 0 amide bonds. The normalized spacial score (nSPS) is 22.9. The van der Waals surface area contributed by atoms with Gasteiger partial charge in [0, 0.05) is 28.9 Å². The minimum absolute atomic E-state index is 0.144. The Morgan fingerprint density at radius 1 is 1.42 bits per heavy atom. The summed E-state index contributed by atoms with van der Waals surface area (Å²) < 4.78 is 2.17. The second-order valence-electron chi connectivity index (χ2n) is 5.57. The minimum Gasteiger partial charge on any atom is -0.316 e. The lowest BCUT2D eigenvalue weighted by Gasteiger charge is -2.25. The zero-order valence-electron chi connectivity index (χ0n) is 11.3. The summed E-state index contributed by atoms with van der Waals surface area (Å²) in [6.45, 7) is 6.46. The van der Waals surface area contributed by atoms with Crippen LogP contribution in [0.3, 0.4) is 0 Å². The molecule has 1 saturated heterocycles. The van der Waals surface area contributed by atoms with Crippen molar-refractivity contribution in [3.8, 4) is 5.69 Å². The molecule has 0 aliphatic carbocycles. The van der Waals surface area contributed by atoms with Crippen LogP contribution in [0.4, 0.5) is 0 Å². The van der Waals surface area contributed by atoms with Gasteiger partial charge in [-0.15, -0.1) is 0 Å². The highest BCUT2D eigenvalue weighted by atomic mass is 35.5. The molecule has 1 fully saturated rings. The Labute approximate surface area is 118 Å². The lowest BCUT2D eigenvalue weighted by Crippen LogP contribution is -2.27. The standard InChI is InChI=1S/C15H18ClN3/c1-11-3-4-12(16)7-13(11)19-10-18-8-14(19)15(2)5-6-17-9-15/h3-4,7-8,10,17H,5-6,9H2,1-2H3. The average Bonchev–Trinajstić information content (AvgIpc) is 3.01.